The normalized spacial score (nSPS) is 41.4. The zero-order valence-electron chi connectivity index (χ0n) is 12.0. The maximum atomic E-state index is 12.1. The first-order chi connectivity index (χ1) is 9.24. The van der Waals surface area contributed by atoms with Crippen LogP contribution in [0.5, 0.6) is 0 Å². The van der Waals surface area contributed by atoms with E-state index in [4.69, 9.17) is 9.47 Å². The van der Waals surface area contributed by atoms with Crippen molar-refractivity contribution in [1.29, 1.82) is 0 Å². The molecule has 0 heterocycles. The Labute approximate surface area is 116 Å². The topological polar surface area (TPSA) is 35.5 Å². The van der Waals surface area contributed by atoms with Crippen LogP contribution in [-0.2, 0) is 14.3 Å². The molecule has 3 rings (SSSR count). The fraction of sp³-hybridized carbons (Fsp3) is 0.938. The zero-order chi connectivity index (χ0) is 13.2. The second kappa shape index (κ2) is 5.82. The standard InChI is InChI=1S/C16H26O3/c1-18-14-3-2-4-15(10-14)19-16(17)9-13-8-11-5-6-12(13)7-11/h11-15H,2-10H2,1H3/t11-,12-,13+,14+,15+/m0/s1. The zero-order valence-corrected chi connectivity index (χ0v) is 12.0. The maximum absolute atomic E-state index is 12.1. The number of esters is 1. The Hall–Kier alpha value is -0.570. The summed E-state index contributed by atoms with van der Waals surface area (Å²) in [5.74, 6) is 2.39. The van der Waals surface area contributed by atoms with Crippen LogP contribution in [0, 0.1) is 17.8 Å². The van der Waals surface area contributed by atoms with Crippen LogP contribution in [0.1, 0.15) is 57.8 Å². The summed E-state index contributed by atoms with van der Waals surface area (Å²) in [5.41, 5.74) is 0. The minimum absolute atomic E-state index is 0.0410. The Morgan fingerprint density at radius 1 is 1.05 bits per heavy atom. The molecule has 19 heavy (non-hydrogen) atoms. The molecule has 108 valence electrons. The molecule has 0 saturated heterocycles. The fourth-order valence-corrected chi connectivity index (χ4v) is 4.50. The van der Waals surface area contributed by atoms with Crippen LogP contribution in [0.2, 0.25) is 0 Å². The number of ether oxygens (including phenoxy) is 2. The van der Waals surface area contributed by atoms with Crippen LogP contribution < -0.4 is 0 Å². The average molecular weight is 266 g/mol. The minimum atomic E-state index is 0.0410. The van der Waals surface area contributed by atoms with E-state index in [1.165, 1.54) is 25.7 Å². The molecule has 3 aliphatic rings. The summed E-state index contributed by atoms with van der Waals surface area (Å²) in [6, 6.07) is 0. The van der Waals surface area contributed by atoms with Crippen molar-refractivity contribution in [2.45, 2.75) is 70.0 Å². The van der Waals surface area contributed by atoms with Gasteiger partial charge in [0.15, 0.2) is 0 Å². The average Bonchev–Trinajstić information content (AvgIpc) is 3.01. The lowest BCUT2D eigenvalue weighted by Crippen LogP contribution is -2.30. The number of hydrogen-bond donors (Lipinski definition) is 0. The maximum Gasteiger partial charge on any atom is 0.306 e. The van der Waals surface area contributed by atoms with Crippen LogP contribution in [0.3, 0.4) is 0 Å². The SMILES string of the molecule is CO[C@@H]1CCC[C@@H](OC(=O)C[C@H]2C[C@H]3CC[C@H]2C3)C1. The van der Waals surface area contributed by atoms with Crippen LogP contribution >= 0.6 is 0 Å². The third-order valence-corrected chi connectivity index (χ3v) is 5.52. The summed E-state index contributed by atoms with van der Waals surface area (Å²) in [5, 5.41) is 0. The van der Waals surface area contributed by atoms with Crippen molar-refractivity contribution < 1.29 is 14.3 Å². The largest absolute Gasteiger partial charge is 0.462 e. The molecule has 0 unspecified atom stereocenters. The molecular weight excluding hydrogens is 240 g/mol. The van der Waals surface area contributed by atoms with Crippen molar-refractivity contribution >= 4 is 5.97 Å². The molecule has 0 aliphatic heterocycles. The second-order valence-corrected chi connectivity index (χ2v) is 6.78. The molecule has 0 aromatic heterocycles. The van der Waals surface area contributed by atoms with E-state index in [9.17, 15) is 4.79 Å². The van der Waals surface area contributed by atoms with E-state index < -0.39 is 0 Å². The number of hydrogen-bond acceptors (Lipinski definition) is 3. The first-order valence-corrected chi connectivity index (χ1v) is 7.97. The molecule has 3 aliphatic carbocycles. The first kappa shape index (κ1) is 13.4. The van der Waals surface area contributed by atoms with Crippen molar-refractivity contribution in [2.75, 3.05) is 7.11 Å². The van der Waals surface area contributed by atoms with E-state index in [-0.39, 0.29) is 18.2 Å². The molecule has 0 aromatic rings. The highest BCUT2D eigenvalue weighted by molar-refractivity contribution is 5.70. The van der Waals surface area contributed by atoms with Crippen LogP contribution in [0.4, 0.5) is 0 Å². The molecule has 3 heteroatoms. The van der Waals surface area contributed by atoms with Gasteiger partial charge in [-0.15, -0.1) is 0 Å². The monoisotopic (exact) mass is 266 g/mol. The highest BCUT2D eigenvalue weighted by atomic mass is 16.5. The molecule has 3 nitrogen and oxygen atoms in total. The summed E-state index contributed by atoms with van der Waals surface area (Å²) in [4.78, 5) is 12.1. The molecule has 0 spiro atoms. The lowest BCUT2D eigenvalue weighted by molar-refractivity contribution is -0.154. The van der Waals surface area contributed by atoms with Crippen molar-refractivity contribution in [3.8, 4) is 0 Å². The predicted molar refractivity (Wildman–Crippen MR) is 72.7 cm³/mol. The lowest BCUT2D eigenvalue weighted by Gasteiger charge is -2.29. The Balaban J connectivity index is 1.43. The number of carbonyl (C=O) groups excluding carboxylic acids is 1. The third-order valence-electron chi connectivity index (χ3n) is 5.52. The molecule has 0 amide bonds. The summed E-state index contributed by atoms with van der Waals surface area (Å²) >= 11 is 0. The van der Waals surface area contributed by atoms with E-state index >= 15 is 0 Å². The van der Waals surface area contributed by atoms with Crippen molar-refractivity contribution in [1.82, 2.24) is 0 Å². The Kier molecular flexibility index (Phi) is 4.11. The summed E-state index contributed by atoms with van der Waals surface area (Å²) in [6.45, 7) is 0. The van der Waals surface area contributed by atoms with Crippen LogP contribution in [-0.4, -0.2) is 25.3 Å². The van der Waals surface area contributed by atoms with Gasteiger partial charge in [0.05, 0.1) is 6.10 Å². The van der Waals surface area contributed by atoms with E-state index in [2.05, 4.69) is 0 Å². The van der Waals surface area contributed by atoms with Crippen molar-refractivity contribution in [3.05, 3.63) is 0 Å². The predicted octanol–water partition coefficient (Wildman–Crippen LogP) is 3.31. The van der Waals surface area contributed by atoms with E-state index in [0.717, 1.165) is 37.5 Å². The van der Waals surface area contributed by atoms with Gasteiger partial charge in [0.25, 0.3) is 0 Å². The van der Waals surface area contributed by atoms with Crippen molar-refractivity contribution in [2.24, 2.45) is 17.8 Å². The van der Waals surface area contributed by atoms with Gasteiger partial charge in [0, 0.05) is 20.0 Å². The molecule has 0 aromatic carbocycles. The number of methoxy groups -OCH3 is 1. The third kappa shape index (κ3) is 3.13. The number of rotatable bonds is 4. The van der Waals surface area contributed by atoms with Gasteiger partial charge in [-0.2, -0.15) is 0 Å². The summed E-state index contributed by atoms with van der Waals surface area (Å²) in [7, 11) is 1.75. The van der Waals surface area contributed by atoms with Crippen LogP contribution in [0.15, 0.2) is 0 Å². The van der Waals surface area contributed by atoms with E-state index in [1.54, 1.807) is 7.11 Å². The highest BCUT2D eigenvalue weighted by Gasteiger charge is 2.40. The number of fused-ring (bicyclic) bond motifs is 2. The van der Waals surface area contributed by atoms with Gasteiger partial charge in [-0.1, -0.05) is 6.42 Å². The van der Waals surface area contributed by atoms with Gasteiger partial charge in [-0.3, -0.25) is 4.79 Å². The Morgan fingerprint density at radius 3 is 2.58 bits per heavy atom. The van der Waals surface area contributed by atoms with Gasteiger partial charge in [-0.25, -0.2) is 0 Å². The van der Waals surface area contributed by atoms with Gasteiger partial charge in [-0.05, 0) is 56.3 Å². The van der Waals surface area contributed by atoms with E-state index in [1.807, 2.05) is 0 Å². The van der Waals surface area contributed by atoms with E-state index in [0.29, 0.717) is 12.3 Å². The van der Waals surface area contributed by atoms with Gasteiger partial charge in [0.1, 0.15) is 6.10 Å². The quantitative estimate of drug-likeness (QED) is 0.732. The second-order valence-electron chi connectivity index (χ2n) is 6.78. The smallest absolute Gasteiger partial charge is 0.306 e. The van der Waals surface area contributed by atoms with Gasteiger partial charge >= 0.3 is 5.97 Å². The molecule has 2 bridgehead atoms. The molecule has 3 fully saturated rings. The molecular formula is C16H26O3. The van der Waals surface area contributed by atoms with Gasteiger partial charge in [0.2, 0.25) is 0 Å². The Bertz CT molecular complexity index is 328. The fourth-order valence-electron chi connectivity index (χ4n) is 4.50. The summed E-state index contributed by atoms with van der Waals surface area (Å²) < 4.78 is 11.1. The molecule has 0 radical (unpaired) electrons. The molecule has 0 N–H and O–H groups in total. The number of carbonyl (C=O) groups is 1. The molecule has 3 saturated carbocycles. The highest BCUT2D eigenvalue weighted by Crippen LogP contribution is 2.49. The molecule has 5 atom stereocenters. The van der Waals surface area contributed by atoms with Crippen molar-refractivity contribution in [3.63, 3.8) is 0 Å². The van der Waals surface area contributed by atoms with Crippen LogP contribution in [0.25, 0.3) is 0 Å². The van der Waals surface area contributed by atoms with Gasteiger partial charge < -0.3 is 9.47 Å². The lowest BCUT2D eigenvalue weighted by atomic mass is 9.86. The summed E-state index contributed by atoms with van der Waals surface area (Å²) in [6.07, 6.45) is 10.6. The minimum Gasteiger partial charge on any atom is -0.462 e. The first-order valence-electron chi connectivity index (χ1n) is 7.97. The Morgan fingerprint density at radius 2 is 1.89 bits per heavy atom.